The summed E-state index contributed by atoms with van der Waals surface area (Å²) in [5.74, 6) is 1.56. The lowest BCUT2D eigenvalue weighted by atomic mass is 10.0. The molecule has 5 heteroatoms. The van der Waals surface area contributed by atoms with Gasteiger partial charge in [-0.25, -0.2) is 0 Å². The van der Waals surface area contributed by atoms with Crippen LogP contribution in [0.3, 0.4) is 0 Å². The van der Waals surface area contributed by atoms with Gasteiger partial charge >= 0.3 is 0 Å². The predicted molar refractivity (Wildman–Crippen MR) is 84.6 cm³/mol. The first-order valence-corrected chi connectivity index (χ1v) is 7.47. The highest BCUT2D eigenvalue weighted by Crippen LogP contribution is 2.32. The van der Waals surface area contributed by atoms with Crippen LogP contribution < -0.4 is 14.8 Å². The highest BCUT2D eigenvalue weighted by Gasteiger charge is 2.23. The third-order valence-electron chi connectivity index (χ3n) is 3.53. The molecule has 1 aliphatic heterocycles. The van der Waals surface area contributed by atoms with E-state index in [0.29, 0.717) is 23.9 Å². The van der Waals surface area contributed by atoms with E-state index in [9.17, 15) is 4.79 Å². The normalized spacial score (nSPS) is 15.8. The number of carbonyl (C=O) groups excluding carboxylic acids is 1. The second kappa shape index (κ2) is 6.71. The average Bonchev–Trinajstić information content (AvgIpc) is 2.96. The van der Waals surface area contributed by atoms with Crippen molar-refractivity contribution in [3.8, 4) is 11.5 Å². The summed E-state index contributed by atoms with van der Waals surface area (Å²) in [6.07, 6.45) is 0. The zero-order valence-corrected chi connectivity index (χ0v) is 12.7. The van der Waals surface area contributed by atoms with Gasteiger partial charge in [-0.3, -0.25) is 4.79 Å². The van der Waals surface area contributed by atoms with Crippen molar-refractivity contribution in [2.45, 2.75) is 5.92 Å². The standard InChI is InChI=1S/C17H16ClNO3/c18-13-5-7-14(8-6-13)21-11-17(20)19-9-12-10-22-16-4-2-1-3-15(12)16/h1-8,12H,9-11H2,(H,19,20). The Bertz CT molecular complexity index is 657. The Balaban J connectivity index is 1.46. The summed E-state index contributed by atoms with van der Waals surface area (Å²) in [4.78, 5) is 11.8. The van der Waals surface area contributed by atoms with Crippen molar-refractivity contribution in [2.75, 3.05) is 19.8 Å². The molecule has 1 aliphatic rings. The maximum Gasteiger partial charge on any atom is 0.257 e. The van der Waals surface area contributed by atoms with Crippen LogP contribution in [0.2, 0.25) is 5.02 Å². The number of ether oxygens (including phenoxy) is 2. The van der Waals surface area contributed by atoms with E-state index in [-0.39, 0.29) is 18.4 Å². The van der Waals surface area contributed by atoms with Gasteiger partial charge < -0.3 is 14.8 Å². The van der Waals surface area contributed by atoms with E-state index in [1.165, 1.54) is 0 Å². The molecular weight excluding hydrogens is 302 g/mol. The van der Waals surface area contributed by atoms with Gasteiger partial charge in [-0.05, 0) is 30.3 Å². The second-order valence-corrected chi connectivity index (χ2v) is 5.53. The molecule has 1 amide bonds. The van der Waals surface area contributed by atoms with E-state index in [1.807, 2.05) is 24.3 Å². The lowest BCUT2D eigenvalue weighted by Gasteiger charge is -2.11. The maximum atomic E-state index is 11.8. The van der Waals surface area contributed by atoms with E-state index in [1.54, 1.807) is 24.3 Å². The Morgan fingerprint density at radius 1 is 1.23 bits per heavy atom. The number of hydrogen-bond donors (Lipinski definition) is 1. The van der Waals surface area contributed by atoms with E-state index in [4.69, 9.17) is 21.1 Å². The summed E-state index contributed by atoms with van der Waals surface area (Å²) in [6, 6.07) is 14.8. The van der Waals surface area contributed by atoms with Gasteiger partial charge in [0.1, 0.15) is 11.5 Å². The molecule has 0 saturated carbocycles. The minimum atomic E-state index is -0.153. The Morgan fingerprint density at radius 3 is 2.82 bits per heavy atom. The van der Waals surface area contributed by atoms with Crippen LogP contribution in [-0.4, -0.2) is 25.7 Å². The lowest BCUT2D eigenvalue weighted by molar-refractivity contribution is -0.123. The predicted octanol–water partition coefficient (Wildman–Crippen LogP) is 3.01. The van der Waals surface area contributed by atoms with Crippen LogP contribution in [0.1, 0.15) is 11.5 Å². The zero-order valence-electron chi connectivity index (χ0n) is 11.9. The topological polar surface area (TPSA) is 47.6 Å². The van der Waals surface area contributed by atoms with Crippen LogP contribution in [0.5, 0.6) is 11.5 Å². The van der Waals surface area contributed by atoms with Gasteiger partial charge in [0.25, 0.3) is 5.91 Å². The molecule has 2 aromatic carbocycles. The molecule has 1 unspecified atom stereocenters. The number of fused-ring (bicyclic) bond motifs is 1. The number of hydrogen-bond acceptors (Lipinski definition) is 3. The van der Waals surface area contributed by atoms with Crippen molar-refractivity contribution in [1.82, 2.24) is 5.32 Å². The monoisotopic (exact) mass is 317 g/mol. The van der Waals surface area contributed by atoms with E-state index >= 15 is 0 Å². The molecule has 1 N–H and O–H groups in total. The van der Waals surface area contributed by atoms with Gasteiger partial charge in [0.2, 0.25) is 0 Å². The van der Waals surface area contributed by atoms with Gasteiger partial charge in [-0.15, -0.1) is 0 Å². The molecular formula is C17H16ClNO3. The molecule has 2 aromatic rings. The minimum Gasteiger partial charge on any atom is -0.493 e. The van der Waals surface area contributed by atoms with Gasteiger partial charge in [-0.1, -0.05) is 29.8 Å². The van der Waals surface area contributed by atoms with Gasteiger partial charge in [0, 0.05) is 23.0 Å². The third-order valence-corrected chi connectivity index (χ3v) is 3.78. The molecule has 1 heterocycles. The van der Waals surface area contributed by atoms with Crippen molar-refractivity contribution in [3.05, 3.63) is 59.1 Å². The number of nitrogens with one attached hydrogen (secondary N) is 1. The zero-order chi connectivity index (χ0) is 15.4. The summed E-state index contributed by atoms with van der Waals surface area (Å²) in [7, 11) is 0. The average molecular weight is 318 g/mol. The summed E-state index contributed by atoms with van der Waals surface area (Å²) >= 11 is 5.79. The summed E-state index contributed by atoms with van der Waals surface area (Å²) < 4.78 is 11.0. The van der Waals surface area contributed by atoms with Crippen LogP contribution in [0.25, 0.3) is 0 Å². The van der Waals surface area contributed by atoms with Crippen LogP contribution in [0.4, 0.5) is 0 Å². The van der Waals surface area contributed by atoms with Crippen molar-refractivity contribution >= 4 is 17.5 Å². The quantitative estimate of drug-likeness (QED) is 0.922. The van der Waals surface area contributed by atoms with Crippen molar-refractivity contribution in [3.63, 3.8) is 0 Å². The van der Waals surface area contributed by atoms with Gasteiger partial charge in [0.05, 0.1) is 6.61 Å². The van der Waals surface area contributed by atoms with E-state index in [2.05, 4.69) is 5.32 Å². The SMILES string of the molecule is O=C(COc1ccc(Cl)cc1)NCC1COc2ccccc21. The first-order chi connectivity index (χ1) is 10.7. The number of para-hydroxylation sites is 1. The van der Waals surface area contributed by atoms with Crippen LogP contribution >= 0.6 is 11.6 Å². The fourth-order valence-electron chi connectivity index (χ4n) is 2.37. The number of rotatable bonds is 5. The fourth-order valence-corrected chi connectivity index (χ4v) is 2.49. The lowest BCUT2D eigenvalue weighted by Crippen LogP contribution is -2.32. The second-order valence-electron chi connectivity index (χ2n) is 5.09. The Kier molecular flexibility index (Phi) is 4.49. The molecule has 0 aliphatic carbocycles. The number of carbonyl (C=O) groups is 1. The Labute approximate surface area is 134 Å². The molecule has 0 aromatic heterocycles. The maximum absolute atomic E-state index is 11.8. The number of halogens is 1. The van der Waals surface area contributed by atoms with E-state index < -0.39 is 0 Å². The van der Waals surface area contributed by atoms with Crippen LogP contribution in [0.15, 0.2) is 48.5 Å². The molecule has 22 heavy (non-hydrogen) atoms. The molecule has 0 bridgehead atoms. The molecule has 1 atom stereocenters. The van der Waals surface area contributed by atoms with E-state index in [0.717, 1.165) is 11.3 Å². The third kappa shape index (κ3) is 3.52. The first kappa shape index (κ1) is 14.7. The molecule has 0 saturated heterocycles. The first-order valence-electron chi connectivity index (χ1n) is 7.09. The van der Waals surface area contributed by atoms with Crippen LogP contribution in [0, 0.1) is 0 Å². The molecule has 4 nitrogen and oxygen atoms in total. The molecule has 0 spiro atoms. The van der Waals surface area contributed by atoms with Crippen molar-refractivity contribution < 1.29 is 14.3 Å². The Hall–Kier alpha value is -2.20. The Morgan fingerprint density at radius 2 is 2.00 bits per heavy atom. The summed E-state index contributed by atoms with van der Waals surface area (Å²) in [5.41, 5.74) is 1.14. The number of amides is 1. The summed E-state index contributed by atoms with van der Waals surface area (Å²) in [5, 5.41) is 3.51. The highest BCUT2D eigenvalue weighted by molar-refractivity contribution is 6.30. The van der Waals surface area contributed by atoms with Crippen molar-refractivity contribution in [2.24, 2.45) is 0 Å². The molecule has 114 valence electrons. The van der Waals surface area contributed by atoms with Gasteiger partial charge in [0.15, 0.2) is 6.61 Å². The van der Waals surface area contributed by atoms with Gasteiger partial charge in [-0.2, -0.15) is 0 Å². The molecule has 3 rings (SSSR count). The molecule has 0 radical (unpaired) electrons. The summed E-state index contributed by atoms with van der Waals surface area (Å²) in [6.45, 7) is 1.12. The minimum absolute atomic E-state index is 0.0170. The smallest absolute Gasteiger partial charge is 0.257 e. The largest absolute Gasteiger partial charge is 0.493 e. The molecule has 0 fully saturated rings. The van der Waals surface area contributed by atoms with Crippen LogP contribution in [-0.2, 0) is 4.79 Å². The number of benzene rings is 2. The fraction of sp³-hybridized carbons (Fsp3) is 0.235. The van der Waals surface area contributed by atoms with Crippen molar-refractivity contribution in [1.29, 1.82) is 0 Å². The highest BCUT2D eigenvalue weighted by atomic mass is 35.5.